The number of rotatable bonds is 3. The number of carboxylic acids is 1. The summed E-state index contributed by atoms with van der Waals surface area (Å²) < 4.78 is -0.226. The van der Waals surface area contributed by atoms with Crippen LogP contribution in [0.1, 0.15) is 20.8 Å². The number of quaternary nitrogens is 1. The third-order valence-corrected chi connectivity index (χ3v) is 3.38. The van der Waals surface area contributed by atoms with Crippen molar-refractivity contribution in [3.05, 3.63) is 0 Å². The molecule has 0 radical (unpaired) electrons. The Bertz CT molecular complexity index is 199. The smallest absolute Gasteiger partial charge is 0.366 e. The van der Waals surface area contributed by atoms with Crippen LogP contribution in [-0.2, 0) is 4.79 Å². The molecule has 0 amide bonds. The van der Waals surface area contributed by atoms with E-state index in [1.165, 1.54) is 0 Å². The monoisotopic (exact) mass is 206 g/mol. The van der Waals surface area contributed by atoms with Gasteiger partial charge in [-0.25, -0.2) is 4.79 Å². The molecule has 0 heterocycles. The Hall–Kier alpha value is -0.220. The predicted octanol–water partition coefficient (Wildman–Crippen LogP) is 1.24. The molecule has 0 spiro atoms. The second-order valence-corrected chi connectivity index (χ2v) is 6.07. The van der Waals surface area contributed by atoms with Crippen LogP contribution < -0.4 is 0 Å². The van der Waals surface area contributed by atoms with Crippen LogP contribution in [0.15, 0.2) is 0 Å². The van der Waals surface area contributed by atoms with E-state index in [0.717, 1.165) is 0 Å². The maximum Gasteiger partial charge on any atom is 0.366 e. The van der Waals surface area contributed by atoms with Gasteiger partial charge in [-0.3, -0.25) is 0 Å². The Kier molecular flexibility index (Phi) is 3.12. The lowest BCUT2D eigenvalue weighted by Crippen LogP contribution is -2.68. The molecule has 0 fully saturated rings. The predicted molar refractivity (Wildman–Crippen MR) is 57.1 cm³/mol. The van der Waals surface area contributed by atoms with Gasteiger partial charge in [-0.1, -0.05) is 0 Å². The largest absolute Gasteiger partial charge is 0.477 e. The van der Waals surface area contributed by atoms with Crippen LogP contribution in [0.5, 0.6) is 0 Å². The highest BCUT2D eigenvalue weighted by Crippen LogP contribution is 2.35. The van der Waals surface area contributed by atoms with Gasteiger partial charge in [0, 0.05) is 6.92 Å². The molecule has 0 saturated carbocycles. The molecule has 0 aliphatic rings. The van der Waals surface area contributed by atoms with Crippen molar-refractivity contribution in [2.75, 3.05) is 21.1 Å². The summed E-state index contributed by atoms with van der Waals surface area (Å²) in [6, 6.07) is 0. The molecule has 0 aromatic heterocycles. The molecule has 1 unspecified atom stereocenters. The Morgan fingerprint density at radius 2 is 1.54 bits per heavy atom. The van der Waals surface area contributed by atoms with Gasteiger partial charge in [0.1, 0.15) is 0 Å². The number of nitrogens with zero attached hydrogens (tertiary/aromatic N) is 1. The van der Waals surface area contributed by atoms with Crippen LogP contribution in [0.3, 0.4) is 0 Å². The summed E-state index contributed by atoms with van der Waals surface area (Å²) >= 11 is 4.37. The molecule has 1 N–H and O–H groups in total. The Morgan fingerprint density at radius 1 is 1.23 bits per heavy atom. The maximum absolute atomic E-state index is 11.3. The van der Waals surface area contributed by atoms with Crippen molar-refractivity contribution >= 4 is 18.6 Å². The highest BCUT2D eigenvalue weighted by Gasteiger charge is 2.56. The van der Waals surface area contributed by atoms with E-state index in [4.69, 9.17) is 0 Å². The molecule has 0 aliphatic heterocycles. The lowest BCUT2D eigenvalue weighted by molar-refractivity contribution is -0.913. The molecule has 13 heavy (non-hydrogen) atoms. The van der Waals surface area contributed by atoms with Crippen molar-refractivity contribution < 1.29 is 14.4 Å². The molecular weight excluding hydrogens is 186 g/mol. The first-order valence-electron chi connectivity index (χ1n) is 4.22. The van der Waals surface area contributed by atoms with Gasteiger partial charge in [-0.2, -0.15) is 12.6 Å². The highest BCUT2D eigenvalue weighted by atomic mass is 32.1. The van der Waals surface area contributed by atoms with Crippen molar-refractivity contribution in [3.8, 4) is 0 Å². The first kappa shape index (κ1) is 12.8. The number of hydrogen-bond acceptors (Lipinski definition) is 2. The summed E-state index contributed by atoms with van der Waals surface area (Å²) in [6.45, 7) is 5.38. The van der Waals surface area contributed by atoms with E-state index in [0.29, 0.717) is 4.48 Å². The van der Waals surface area contributed by atoms with Gasteiger partial charge in [-0.05, 0) is 13.8 Å². The fourth-order valence-corrected chi connectivity index (χ4v) is 1.77. The average molecular weight is 206 g/mol. The zero-order valence-corrected chi connectivity index (χ0v) is 10.1. The minimum Gasteiger partial charge on any atom is -0.477 e. The van der Waals surface area contributed by atoms with E-state index >= 15 is 0 Å². The topological polar surface area (TPSA) is 37.3 Å². The summed E-state index contributed by atoms with van der Waals surface area (Å²) in [4.78, 5) is 11.3. The summed E-state index contributed by atoms with van der Waals surface area (Å²) in [5, 5.41) is 9.24. The SMILES string of the molecule is CC(C)(S)C(C)(C(=O)O)[N+](C)(C)C. The molecule has 78 valence electrons. The minimum atomic E-state index is -0.907. The number of thiol groups is 1. The molecule has 0 aromatic rings. The summed E-state index contributed by atoms with van der Waals surface area (Å²) in [5.74, 6) is -0.819. The van der Waals surface area contributed by atoms with Crippen molar-refractivity contribution in [1.82, 2.24) is 0 Å². The van der Waals surface area contributed by atoms with Gasteiger partial charge < -0.3 is 9.59 Å². The lowest BCUT2D eigenvalue weighted by Gasteiger charge is -2.47. The van der Waals surface area contributed by atoms with Gasteiger partial charge in [-0.15, -0.1) is 0 Å². The Balaban J connectivity index is 5.35. The standard InChI is InChI=1S/C9H19NO2S/c1-8(2,13)9(3,7(11)12)10(4,5)6/h1-6H3,(H-,11,12,13)/p+1. The van der Waals surface area contributed by atoms with E-state index in [1.54, 1.807) is 6.92 Å². The van der Waals surface area contributed by atoms with Crippen molar-refractivity contribution in [3.63, 3.8) is 0 Å². The number of aliphatic carboxylic acids is 1. The van der Waals surface area contributed by atoms with Crippen LogP contribution in [-0.4, -0.2) is 47.0 Å². The van der Waals surface area contributed by atoms with Crippen LogP contribution in [0, 0.1) is 0 Å². The Morgan fingerprint density at radius 3 is 1.54 bits per heavy atom. The average Bonchev–Trinajstić information content (AvgIpc) is 1.80. The fraction of sp³-hybridized carbons (Fsp3) is 0.889. The quantitative estimate of drug-likeness (QED) is 0.538. The molecular formula is C9H20NO2S+. The summed E-state index contributed by atoms with van der Waals surface area (Å²) in [7, 11) is 5.60. The van der Waals surface area contributed by atoms with Crippen LogP contribution in [0.25, 0.3) is 0 Å². The molecule has 0 aromatic carbocycles. The zero-order valence-electron chi connectivity index (χ0n) is 9.25. The number of carbonyl (C=O) groups is 1. The first-order chi connectivity index (χ1) is 5.44. The second kappa shape index (κ2) is 3.17. The van der Waals surface area contributed by atoms with Crippen LogP contribution >= 0.6 is 12.6 Å². The number of likely N-dealkylation sites (N-methyl/N-ethyl adjacent to an activating group) is 1. The minimum absolute atomic E-state index is 0.346. The van der Waals surface area contributed by atoms with Crippen molar-refractivity contribution in [1.29, 1.82) is 0 Å². The molecule has 3 nitrogen and oxygen atoms in total. The van der Waals surface area contributed by atoms with Crippen LogP contribution in [0.4, 0.5) is 0 Å². The van der Waals surface area contributed by atoms with E-state index < -0.39 is 16.3 Å². The van der Waals surface area contributed by atoms with Gasteiger partial charge in [0.15, 0.2) is 0 Å². The van der Waals surface area contributed by atoms with Gasteiger partial charge >= 0.3 is 5.97 Å². The zero-order chi connectivity index (χ0) is 11.1. The first-order valence-corrected chi connectivity index (χ1v) is 4.66. The second-order valence-electron chi connectivity index (χ2n) is 4.95. The molecule has 4 heteroatoms. The van der Waals surface area contributed by atoms with E-state index in [-0.39, 0.29) is 0 Å². The Labute approximate surface area is 85.7 Å². The maximum atomic E-state index is 11.3. The number of carboxylic acid groups (broad SMARTS) is 1. The summed E-state index contributed by atoms with van der Waals surface area (Å²) in [5.41, 5.74) is -0.907. The molecule has 0 bridgehead atoms. The molecule has 1 atom stereocenters. The third kappa shape index (κ3) is 1.99. The van der Waals surface area contributed by atoms with Crippen molar-refractivity contribution in [2.45, 2.75) is 31.1 Å². The van der Waals surface area contributed by atoms with E-state index in [1.807, 2.05) is 35.0 Å². The molecule has 0 rings (SSSR count). The lowest BCUT2D eigenvalue weighted by atomic mass is 9.84. The normalized spacial score (nSPS) is 18.1. The molecule has 0 saturated heterocycles. The van der Waals surface area contributed by atoms with Gasteiger partial charge in [0.25, 0.3) is 0 Å². The number of hydrogen-bond donors (Lipinski definition) is 2. The van der Waals surface area contributed by atoms with Gasteiger partial charge in [0.2, 0.25) is 5.54 Å². The van der Waals surface area contributed by atoms with Crippen molar-refractivity contribution in [2.24, 2.45) is 0 Å². The van der Waals surface area contributed by atoms with Crippen LogP contribution in [0.2, 0.25) is 0 Å². The van der Waals surface area contributed by atoms with E-state index in [2.05, 4.69) is 12.6 Å². The third-order valence-electron chi connectivity index (χ3n) is 2.95. The fourth-order valence-electron chi connectivity index (χ4n) is 1.37. The molecule has 0 aliphatic carbocycles. The highest BCUT2D eigenvalue weighted by molar-refractivity contribution is 7.81. The van der Waals surface area contributed by atoms with E-state index in [9.17, 15) is 9.90 Å². The summed E-state index contributed by atoms with van der Waals surface area (Å²) in [6.07, 6.45) is 0. The van der Waals surface area contributed by atoms with Gasteiger partial charge in [0.05, 0.1) is 25.9 Å².